The van der Waals surface area contributed by atoms with Crippen molar-refractivity contribution in [1.82, 2.24) is 0 Å². The zero-order valence-corrected chi connectivity index (χ0v) is 13.1. The van der Waals surface area contributed by atoms with E-state index in [4.69, 9.17) is 26.6 Å². The van der Waals surface area contributed by atoms with E-state index in [1.807, 2.05) is 0 Å². The molecular formula is C6H11NNaOS4. The number of rotatable bonds is 3. The first kappa shape index (κ1) is 14.6. The van der Waals surface area contributed by atoms with Gasteiger partial charge in [0.05, 0.1) is 14.0 Å². The van der Waals surface area contributed by atoms with E-state index < -0.39 is 7.43 Å². The van der Waals surface area contributed by atoms with Gasteiger partial charge >= 0.3 is 0 Å². The summed E-state index contributed by atoms with van der Waals surface area (Å²) in [6.45, 7) is 2.90. The van der Waals surface area contributed by atoms with Gasteiger partial charge in [0.1, 0.15) is 0 Å². The Hall–Kier alpha value is 1.61. The van der Waals surface area contributed by atoms with E-state index in [-0.39, 0.29) is 29.6 Å². The Bertz CT molecular complexity index is 274. The van der Waals surface area contributed by atoms with Crippen molar-refractivity contribution in [2.24, 2.45) is 4.99 Å². The molecule has 0 atom stereocenters. The Morgan fingerprint density at radius 1 is 1.62 bits per heavy atom. The number of hydrogen-bond acceptors (Lipinski definition) is 5. The molecule has 2 nitrogen and oxygen atoms in total. The predicted molar refractivity (Wildman–Crippen MR) is 68.9 cm³/mol. The standard InChI is InChI=1S/C6H11NOS4.Na/c1-2-5-12(9,10)8-6-7-3-4-11-6;/h2-5H2,1H3;. The molecule has 71 valence electrons. The fraction of sp³-hybridized carbons (Fsp3) is 0.833. The molecule has 1 heterocycles. The molecule has 0 unspecified atom stereocenters. The van der Waals surface area contributed by atoms with Crippen LogP contribution in [0.25, 0.3) is 0 Å². The van der Waals surface area contributed by atoms with Gasteiger partial charge in [0.25, 0.3) is 5.23 Å². The molecule has 1 aliphatic heterocycles. The average molecular weight is 264 g/mol. The Kier molecular flexibility index (Phi) is 7.84. The van der Waals surface area contributed by atoms with Gasteiger partial charge in [-0.25, -0.2) is 4.99 Å². The molecule has 0 bridgehead atoms. The third-order valence-electron chi connectivity index (χ3n) is 1.21. The van der Waals surface area contributed by atoms with E-state index in [0.717, 1.165) is 24.5 Å². The van der Waals surface area contributed by atoms with Gasteiger partial charge in [-0.15, -0.1) is 0 Å². The second-order valence-electron chi connectivity index (χ2n) is 2.34. The maximum atomic E-state index is 5.47. The fourth-order valence-electron chi connectivity index (χ4n) is 0.766. The third-order valence-corrected chi connectivity index (χ3v) is 4.89. The number of nitrogens with zero attached hydrogens (tertiary/aromatic N) is 1. The third kappa shape index (κ3) is 5.92. The number of hydrogen-bond donors (Lipinski definition) is 0. The molecule has 0 aliphatic carbocycles. The van der Waals surface area contributed by atoms with Crippen LogP contribution in [0.15, 0.2) is 4.99 Å². The van der Waals surface area contributed by atoms with E-state index in [2.05, 4.69) is 11.9 Å². The van der Waals surface area contributed by atoms with Gasteiger partial charge in [-0.3, -0.25) is 0 Å². The average Bonchev–Trinajstić information content (AvgIpc) is 2.38. The molecule has 7 heteroatoms. The first-order valence-electron chi connectivity index (χ1n) is 3.73. The van der Waals surface area contributed by atoms with Crippen LogP contribution < -0.4 is 0 Å². The molecule has 0 saturated heterocycles. The second-order valence-corrected chi connectivity index (χ2v) is 8.94. The van der Waals surface area contributed by atoms with Crippen LogP contribution in [0.3, 0.4) is 0 Å². The van der Waals surface area contributed by atoms with Crippen LogP contribution in [-0.2, 0) is 34.0 Å². The molecule has 0 N–H and O–H groups in total. The topological polar surface area (TPSA) is 21.6 Å². The van der Waals surface area contributed by atoms with Crippen LogP contribution in [0.5, 0.6) is 0 Å². The number of aliphatic imine (C=N–C) groups is 1. The second kappa shape index (κ2) is 6.98. The van der Waals surface area contributed by atoms with Crippen molar-refractivity contribution in [2.75, 3.05) is 18.1 Å². The summed E-state index contributed by atoms with van der Waals surface area (Å²) in [4.78, 5) is 4.15. The molecule has 1 aliphatic rings. The quantitative estimate of drug-likeness (QED) is 0.712. The van der Waals surface area contributed by atoms with Crippen molar-refractivity contribution < 1.29 is 4.18 Å². The normalized spacial score (nSPS) is 16.2. The maximum Gasteiger partial charge on any atom is 0.259 e. The smallest absolute Gasteiger partial charge is 0.259 e. The molecule has 0 aromatic carbocycles. The van der Waals surface area contributed by atoms with Crippen LogP contribution in [0.4, 0.5) is 0 Å². The summed E-state index contributed by atoms with van der Waals surface area (Å²) < 4.78 is 5.47. The minimum absolute atomic E-state index is 0. The number of thioether (sulfide) groups is 1. The summed E-state index contributed by atoms with van der Waals surface area (Å²) in [7, 11) is -1.70. The van der Waals surface area contributed by atoms with Gasteiger partial charge in [0, 0.05) is 41.1 Å². The molecule has 0 spiro atoms. The summed E-state index contributed by atoms with van der Waals surface area (Å²) in [6.07, 6.45) is 0.986. The molecule has 0 aromatic heterocycles. The summed E-state index contributed by atoms with van der Waals surface area (Å²) in [5.41, 5.74) is 0. The molecular weight excluding hydrogens is 253 g/mol. The summed E-state index contributed by atoms with van der Waals surface area (Å²) in [5.74, 6) is 1.80. The van der Waals surface area contributed by atoms with E-state index in [9.17, 15) is 0 Å². The van der Waals surface area contributed by atoms with Gasteiger partial charge in [0.15, 0.2) is 0 Å². The first-order chi connectivity index (χ1) is 5.64. The van der Waals surface area contributed by atoms with Crippen LogP contribution in [-0.4, -0.2) is 52.8 Å². The minimum Gasteiger partial charge on any atom is -0.396 e. The summed E-state index contributed by atoms with van der Waals surface area (Å²) in [5, 5.41) is 0.712. The Morgan fingerprint density at radius 2 is 2.31 bits per heavy atom. The van der Waals surface area contributed by atoms with Crippen molar-refractivity contribution in [2.45, 2.75) is 13.3 Å². The minimum atomic E-state index is -1.70. The van der Waals surface area contributed by atoms with Crippen molar-refractivity contribution in [3.63, 3.8) is 0 Å². The van der Waals surface area contributed by atoms with Crippen molar-refractivity contribution in [3.05, 3.63) is 0 Å². The zero-order valence-electron chi connectivity index (χ0n) is 7.82. The Balaban J connectivity index is 0.00000144. The van der Waals surface area contributed by atoms with Gasteiger partial charge < -0.3 is 4.18 Å². The summed E-state index contributed by atoms with van der Waals surface area (Å²) in [6, 6.07) is 0. The van der Waals surface area contributed by atoms with Crippen molar-refractivity contribution in [3.8, 4) is 0 Å². The van der Waals surface area contributed by atoms with Crippen LogP contribution >= 0.6 is 11.8 Å². The van der Waals surface area contributed by atoms with Crippen LogP contribution in [0.1, 0.15) is 13.3 Å². The molecule has 0 fully saturated rings. The van der Waals surface area contributed by atoms with E-state index in [1.165, 1.54) is 0 Å². The first-order valence-corrected chi connectivity index (χ1v) is 8.30. The zero-order chi connectivity index (χ0) is 9.03. The van der Waals surface area contributed by atoms with Gasteiger partial charge in [0.2, 0.25) is 0 Å². The van der Waals surface area contributed by atoms with Crippen LogP contribution in [0, 0.1) is 0 Å². The van der Waals surface area contributed by atoms with Crippen molar-refractivity contribution in [1.29, 1.82) is 0 Å². The van der Waals surface area contributed by atoms with Crippen molar-refractivity contribution >= 4 is 76.4 Å². The van der Waals surface area contributed by atoms with Gasteiger partial charge in [-0.1, -0.05) is 18.7 Å². The van der Waals surface area contributed by atoms with E-state index >= 15 is 0 Å². The predicted octanol–water partition coefficient (Wildman–Crippen LogP) is 1.13. The van der Waals surface area contributed by atoms with E-state index in [0.29, 0.717) is 5.23 Å². The van der Waals surface area contributed by atoms with Gasteiger partial charge in [-0.05, 0) is 28.8 Å². The maximum absolute atomic E-state index is 5.47. The molecule has 0 amide bonds. The molecule has 13 heavy (non-hydrogen) atoms. The van der Waals surface area contributed by atoms with Gasteiger partial charge in [-0.2, -0.15) is 0 Å². The molecule has 1 rings (SSSR count). The molecule has 0 aromatic rings. The molecule has 1 radical (unpaired) electrons. The van der Waals surface area contributed by atoms with E-state index in [1.54, 1.807) is 11.8 Å². The largest absolute Gasteiger partial charge is 0.396 e. The monoisotopic (exact) mass is 264 g/mol. The Morgan fingerprint density at radius 3 is 2.77 bits per heavy atom. The fourth-order valence-corrected chi connectivity index (χ4v) is 4.35. The Labute approximate surface area is 116 Å². The molecule has 0 saturated carbocycles. The SMILES string of the molecule is CCCS(=S)(=S)OC1=NCCS1.[Na]. The summed E-state index contributed by atoms with van der Waals surface area (Å²) >= 11 is 11.9. The van der Waals surface area contributed by atoms with Crippen LogP contribution in [0.2, 0.25) is 0 Å².